The molecule has 2 aromatic rings. The molecule has 144 valence electrons. The van der Waals surface area contributed by atoms with Crippen LogP contribution in [0.1, 0.15) is 17.5 Å². The van der Waals surface area contributed by atoms with Gasteiger partial charge in [-0.1, -0.05) is 41.4 Å². The van der Waals surface area contributed by atoms with Gasteiger partial charge in [0.2, 0.25) is 5.91 Å². The van der Waals surface area contributed by atoms with Crippen LogP contribution in [-0.2, 0) is 11.2 Å². The van der Waals surface area contributed by atoms with Crippen molar-refractivity contribution in [3.05, 3.63) is 64.7 Å². The summed E-state index contributed by atoms with van der Waals surface area (Å²) in [6, 6.07) is 16.2. The van der Waals surface area contributed by atoms with Gasteiger partial charge in [0.1, 0.15) is 0 Å². The van der Waals surface area contributed by atoms with Gasteiger partial charge in [-0.25, -0.2) is 0 Å². The minimum Gasteiger partial charge on any atom is -0.369 e. The molecule has 1 amide bonds. The van der Waals surface area contributed by atoms with E-state index in [0.29, 0.717) is 6.42 Å². The molecule has 0 aromatic heterocycles. The molecule has 3 rings (SSSR count). The monoisotopic (exact) mass is 385 g/mol. The maximum absolute atomic E-state index is 12.1. The van der Waals surface area contributed by atoms with E-state index in [4.69, 9.17) is 11.6 Å². The Kier molecular flexibility index (Phi) is 7.13. The van der Waals surface area contributed by atoms with Gasteiger partial charge in [0.05, 0.1) is 6.42 Å². The zero-order valence-corrected chi connectivity index (χ0v) is 16.7. The van der Waals surface area contributed by atoms with Gasteiger partial charge in [-0.3, -0.25) is 9.69 Å². The number of nitrogens with one attached hydrogen (secondary N) is 1. The van der Waals surface area contributed by atoms with Crippen LogP contribution in [0, 0.1) is 6.92 Å². The van der Waals surface area contributed by atoms with E-state index in [1.807, 2.05) is 37.3 Å². The number of rotatable bonds is 7. The first kappa shape index (κ1) is 19.7. The van der Waals surface area contributed by atoms with Crippen LogP contribution >= 0.6 is 11.6 Å². The van der Waals surface area contributed by atoms with Crippen molar-refractivity contribution in [1.29, 1.82) is 0 Å². The highest BCUT2D eigenvalue weighted by atomic mass is 35.5. The van der Waals surface area contributed by atoms with E-state index in [1.54, 1.807) is 0 Å². The van der Waals surface area contributed by atoms with Crippen LogP contribution < -0.4 is 10.2 Å². The number of aryl methyl sites for hydroxylation is 1. The zero-order valence-electron chi connectivity index (χ0n) is 16.0. The molecule has 0 saturated carbocycles. The summed E-state index contributed by atoms with van der Waals surface area (Å²) < 4.78 is 0. The van der Waals surface area contributed by atoms with Crippen LogP contribution in [0.25, 0.3) is 0 Å². The van der Waals surface area contributed by atoms with E-state index in [0.717, 1.165) is 56.3 Å². The predicted octanol–water partition coefficient (Wildman–Crippen LogP) is 3.52. The van der Waals surface area contributed by atoms with Gasteiger partial charge in [-0.05, 0) is 49.7 Å². The molecule has 27 heavy (non-hydrogen) atoms. The Bertz CT molecular complexity index is 739. The van der Waals surface area contributed by atoms with E-state index in [-0.39, 0.29) is 5.91 Å². The van der Waals surface area contributed by atoms with Gasteiger partial charge in [-0.15, -0.1) is 0 Å². The van der Waals surface area contributed by atoms with Gasteiger partial charge < -0.3 is 10.2 Å². The number of halogens is 1. The molecule has 1 heterocycles. The molecule has 0 spiro atoms. The normalized spacial score (nSPS) is 15.0. The van der Waals surface area contributed by atoms with Crippen molar-refractivity contribution in [2.45, 2.75) is 19.8 Å². The lowest BCUT2D eigenvalue weighted by atomic mass is 10.1. The first-order chi connectivity index (χ1) is 13.1. The van der Waals surface area contributed by atoms with Crippen LogP contribution in [0.4, 0.5) is 5.69 Å². The molecule has 0 bridgehead atoms. The van der Waals surface area contributed by atoms with Gasteiger partial charge >= 0.3 is 0 Å². The Hall–Kier alpha value is -2.04. The second-order valence-corrected chi connectivity index (χ2v) is 7.61. The number of carbonyl (C=O) groups is 1. The zero-order chi connectivity index (χ0) is 19.1. The molecule has 2 aromatic carbocycles. The number of carbonyl (C=O) groups excluding carboxylic acids is 1. The third-order valence-corrected chi connectivity index (χ3v) is 5.24. The number of nitrogens with zero attached hydrogens (tertiary/aromatic N) is 2. The van der Waals surface area contributed by atoms with Crippen LogP contribution in [0.5, 0.6) is 0 Å². The van der Waals surface area contributed by atoms with E-state index < -0.39 is 0 Å². The lowest BCUT2D eigenvalue weighted by Crippen LogP contribution is -2.47. The summed E-state index contributed by atoms with van der Waals surface area (Å²) in [4.78, 5) is 16.9. The largest absolute Gasteiger partial charge is 0.369 e. The molecule has 1 N–H and O–H groups in total. The number of piperazine rings is 1. The molecule has 0 aliphatic carbocycles. The fourth-order valence-corrected chi connectivity index (χ4v) is 3.61. The third-order valence-electron chi connectivity index (χ3n) is 4.98. The maximum Gasteiger partial charge on any atom is 0.224 e. The molecular formula is C22H28ClN3O. The predicted molar refractivity (Wildman–Crippen MR) is 113 cm³/mol. The standard InChI is InChI=1S/C22H28ClN3O/c1-18-4-2-5-19(16-18)17-22(27)24-10-3-11-25-12-14-26(15-13-25)21-8-6-20(23)7-9-21/h2,4-9,16H,3,10-15,17H2,1H3,(H,24,27). The average molecular weight is 386 g/mol. The van der Waals surface area contributed by atoms with Gasteiger partial charge in [-0.2, -0.15) is 0 Å². The molecule has 0 radical (unpaired) electrons. The molecule has 1 aliphatic rings. The van der Waals surface area contributed by atoms with Gasteiger partial charge in [0.15, 0.2) is 0 Å². The lowest BCUT2D eigenvalue weighted by Gasteiger charge is -2.36. The molecule has 1 saturated heterocycles. The van der Waals surface area contributed by atoms with Crippen molar-refractivity contribution in [1.82, 2.24) is 10.2 Å². The van der Waals surface area contributed by atoms with Crippen molar-refractivity contribution in [3.63, 3.8) is 0 Å². The summed E-state index contributed by atoms with van der Waals surface area (Å²) in [6.45, 7) is 7.98. The lowest BCUT2D eigenvalue weighted by molar-refractivity contribution is -0.120. The first-order valence-electron chi connectivity index (χ1n) is 9.65. The molecule has 1 aliphatic heterocycles. The smallest absolute Gasteiger partial charge is 0.224 e. The summed E-state index contributed by atoms with van der Waals surface area (Å²) in [7, 11) is 0. The van der Waals surface area contributed by atoms with Crippen LogP contribution in [0.3, 0.4) is 0 Å². The van der Waals surface area contributed by atoms with Gasteiger partial charge in [0.25, 0.3) is 0 Å². The molecule has 1 fully saturated rings. The van der Waals surface area contributed by atoms with Crippen LogP contribution in [-0.4, -0.2) is 50.1 Å². The molecule has 4 nitrogen and oxygen atoms in total. The highest BCUT2D eigenvalue weighted by Crippen LogP contribution is 2.19. The van der Waals surface area contributed by atoms with Crippen molar-refractivity contribution >= 4 is 23.2 Å². The highest BCUT2D eigenvalue weighted by molar-refractivity contribution is 6.30. The number of amides is 1. The minimum absolute atomic E-state index is 0.105. The van der Waals surface area contributed by atoms with E-state index >= 15 is 0 Å². The Morgan fingerprint density at radius 2 is 1.81 bits per heavy atom. The van der Waals surface area contributed by atoms with Crippen molar-refractivity contribution < 1.29 is 4.79 Å². The first-order valence-corrected chi connectivity index (χ1v) is 10.0. The Labute approximate surface area is 167 Å². The van der Waals surface area contributed by atoms with Crippen molar-refractivity contribution in [2.24, 2.45) is 0 Å². The third kappa shape index (κ3) is 6.26. The summed E-state index contributed by atoms with van der Waals surface area (Å²) in [5, 5.41) is 3.82. The number of benzene rings is 2. The summed E-state index contributed by atoms with van der Waals surface area (Å²) >= 11 is 5.96. The fraction of sp³-hybridized carbons (Fsp3) is 0.409. The summed E-state index contributed by atoms with van der Waals surface area (Å²) in [5.74, 6) is 0.105. The average Bonchev–Trinajstić information content (AvgIpc) is 2.66. The topological polar surface area (TPSA) is 35.6 Å². The fourth-order valence-electron chi connectivity index (χ4n) is 3.48. The molecule has 5 heteroatoms. The maximum atomic E-state index is 12.1. The Morgan fingerprint density at radius 3 is 2.52 bits per heavy atom. The van der Waals surface area contributed by atoms with E-state index in [2.05, 4.69) is 33.3 Å². The Balaban J connectivity index is 1.31. The quantitative estimate of drug-likeness (QED) is 0.741. The van der Waals surface area contributed by atoms with Crippen molar-refractivity contribution in [2.75, 3.05) is 44.2 Å². The number of hydrogen-bond acceptors (Lipinski definition) is 3. The number of anilines is 1. The molecule has 0 unspecified atom stereocenters. The molecular weight excluding hydrogens is 358 g/mol. The summed E-state index contributed by atoms with van der Waals surface area (Å²) in [6.07, 6.45) is 1.45. The van der Waals surface area contributed by atoms with E-state index in [9.17, 15) is 4.79 Å². The SMILES string of the molecule is Cc1cccc(CC(=O)NCCCN2CCN(c3ccc(Cl)cc3)CC2)c1. The van der Waals surface area contributed by atoms with Crippen LogP contribution in [0.15, 0.2) is 48.5 Å². The second kappa shape index (κ2) is 9.77. The minimum atomic E-state index is 0.105. The van der Waals surface area contributed by atoms with Crippen LogP contribution in [0.2, 0.25) is 5.02 Å². The van der Waals surface area contributed by atoms with E-state index in [1.165, 1.54) is 11.3 Å². The second-order valence-electron chi connectivity index (χ2n) is 7.17. The van der Waals surface area contributed by atoms with Crippen molar-refractivity contribution in [3.8, 4) is 0 Å². The van der Waals surface area contributed by atoms with Gasteiger partial charge in [0, 0.05) is 43.4 Å². The molecule has 0 atom stereocenters. The Morgan fingerprint density at radius 1 is 1.07 bits per heavy atom. The highest BCUT2D eigenvalue weighted by Gasteiger charge is 2.16. The number of hydrogen-bond donors (Lipinski definition) is 1. The summed E-state index contributed by atoms with van der Waals surface area (Å²) in [5.41, 5.74) is 3.51.